The zero-order valence-corrected chi connectivity index (χ0v) is 18.7. The van der Waals surface area contributed by atoms with E-state index in [0.29, 0.717) is 25.3 Å². The maximum atomic E-state index is 12.7. The van der Waals surface area contributed by atoms with Crippen LogP contribution < -0.4 is 10.2 Å². The first-order valence-electron chi connectivity index (χ1n) is 10.7. The van der Waals surface area contributed by atoms with Gasteiger partial charge < -0.3 is 10.2 Å². The topological polar surface area (TPSA) is 70.9 Å². The number of carbonyl (C=O) groups excluding carboxylic acids is 1. The van der Waals surface area contributed by atoms with Gasteiger partial charge in [0.25, 0.3) is 5.91 Å². The van der Waals surface area contributed by atoms with Crippen LogP contribution in [0.2, 0.25) is 0 Å². The molecule has 30 heavy (non-hydrogen) atoms. The quantitative estimate of drug-likeness (QED) is 0.674. The molecule has 1 aliphatic heterocycles. The van der Waals surface area contributed by atoms with Crippen LogP contribution in [-0.2, 0) is 27.8 Å². The molecular weight excluding hydrogens is 398 g/mol. The highest BCUT2D eigenvalue weighted by molar-refractivity contribution is 7.89. The molecular formula is C23H32N3O3S+. The zero-order valence-electron chi connectivity index (χ0n) is 17.9. The third kappa shape index (κ3) is 5.90. The van der Waals surface area contributed by atoms with Gasteiger partial charge in [0, 0.05) is 24.3 Å². The smallest absolute Gasteiger partial charge is 0.279 e. The largest absolute Gasteiger partial charge is 0.326 e. The normalized spacial score (nSPS) is 16.2. The number of amides is 1. The summed E-state index contributed by atoms with van der Waals surface area (Å²) in [7, 11) is -1.46. The van der Waals surface area contributed by atoms with Crippen molar-refractivity contribution in [1.29, 1.82) is 0 Å². The monoisotopic (exact) mass is 430 g/mol. The van der Waals surface area contributed by atoms with Crippen LogP contribution in [-0.4, -0.2) is 45.3 Å². The molecule has 0 bridgehead atoms. The molecule has 2 N–H and O–H groups in total. The lowest BCUT2D eigenvalue weighted by atomic mass is 10.1. The van der Waals surface area contributed by atoms with Crippen LogP contribution in [0.3, 0.4) is 0 Å². The minimum absolute atomic E-state index is 0.0932. The summed E-state index contributed by atoms with van der Waals surface area (Å²) in [6.07, 6.45) is 3.92. The highest BCUT2D eigenvalue weighted by atomic mass is 32.2. The Hall–Kier alpha value is -2.22. The Kier molecular flexibility index (Phi) is 7.64. The van der Waals surface area contributed by atoms with E-state index in [1.54, 1.807) is 28.6 Å². The van der Waals surface area contributed by atoms with Gasteiger partial charge in [0.1, 0.15) is 6.54 Å². The van der Waals surface area contributed by atoms with Crippen molar-refractivity contribution in [2.24, 2.45) is 0 Å². The number of aryl methyl sites for hydroxylation is 1. The molecule has 2 aromatic rings. The van der Waals surface area contributed by atoms with E-state index in [9.17, 15) is 13.2 Å². The molecule has 1 aliphatic rings. The Morgan fingerprint density at radius 2 is 1.57 bits per heavy atom. The molecule has 0 saturated carbocycles. The van der Waals surface area contributed by atoms with E-state index in [1.165, 1.54) is 11.1 Å². The van der Waals surface area contributed by atoms with E-state index in [2.05, 4.69) is 36.5 Å². The van der Waals surface area contributed by atoms with Crippen molar-refractivity contribution < 1.29 is 18.1 Å². The Balaban J connectivity index is 1.53. The van der Waals surface area contributed by atoms with Gasteiger partial charge in [0.15, 0.2) is 6.54 Å². The number of sulfonamides is 1. The molecule has 1 unspecified atom stereocenters. The van der Waals surface area contributed by atoms with Crippen molar-refractivity contribution >= 4 is 21.6 Å². The van der Waals surface area contributed by atoms with Crippen LogP contribution >= 0.6 is 0 Å². The lowest BCUT2D eigenvalue weighted by Gasteiger charge is -2.25. The fraction of sp³-hybridized carbons (Fsp3) is 0.435. The van der Waals surface area contributed by atoms with Gasteiger partial charge in [-0.2, -0.15) is 4.31 Å². The highest BCUT2D eigenvalue weighted by Crippen LogP contribution is 2.21. The second-order valence-corrected chi connectivity index (χ2v) is 9.96. The first-order chi connectivity index (χ1) is 14.4. The van der Waals surface area contributed by atoms with Crippen LogP contribution in [0.15, 0.2) is 53.4 Å². The average molecular weight is 431 g/mol. The second-order valence-electron chi connectivity index (χ2n) is 8.02. The number of rotatable bonds is 8. The van der Waals surface area contributed by atoms with E-state index in [-0.39, 0.29) is 10.8 Å². The number of hydrogen-bond acceptors (Lipinski definition) is 3. The van der Waals surface area contributed by atoms with E-state index in [4.69, 9.17) is 0 Å². The van der Waals surface area contributed by atoms with E-state index in [0.717, 1.165) is 37.1 Å². The highest BCUT2D eigenvalue weighted by Gasteiger charge is 2.25. The summed E-state index contributed by atoms with van der Waals surface area (Å²) in [4.78, 5) is 13.7. The molecule has 162 valence electrons. The number of anilines is 1. The maximum absolute atomic E-state index is 12.7. The Labute approximate surface area is 179 Å². The Bertz CT molecular complexity index is 935. The summed E-state index contributed by atoms with van der Waals surface area (Å²) in [6.45, 7) is 4.40. The molecule has 0 aliphatic carbocycles. The lowest BCUT2D eigenvalue weighted by molar-refractivity contribution is -0.885. The van der Waals surface area contributed by atoms with E-state index in [1.807, 2.05) is 7.05 Å². The number of piperidine rings is 1. The first kappa shape index (κ1) is 22.5. The molecule has 2 aromatic carbocycles. The Morgan fingerprint density at radius 1 is 0.967 bits per heavy atom. The Morgan fingerprint density at radius 3 is 2.17 bits per heavy atom. The first-order valence-corrected chi connectivity index (χ1v) is 12.1. The van der Waals surface area contributed by atoms with Crippen LogP contribution in [0.5, 0.6) is 0 Å². The van der Waals surface area contributed by atoms with Gasteiger partial charge in [0.05, 0.1) is 11.9 Å². The van der Waals surface area contributed by atoms with Crippen LogP contribution in [0, 0.1) is 0 Å². The number of benzene rings is 2. The predicted molar refractivity (Wildman–Crippen MR) is 119 cm³/mol. The summed E-state index contributed by atoms with van der Waals surface area (Å²) in [5.41, 5.74) is 3.11. The maximum Gasteiger partial charge on any atom is 0.279 e. The molecule has 1 amide bonds. The van der Waals surface area contributed by atoms with Crippen LogP contribution in [0.1, 0.15) is 37.3 Å². The molecule has 6 nitrogen and oxygen atoms in total. The van der Waals surface area contributed by atoms with Crippen molar-refractivity contribution in [3.05, 3.63) is 59.7 Å². The third-order valence-corrected chi connectivity index (χ3v) is 7.40. The standard InChI is InChI=1S/C23H31N3O3S/c1-3-19-7-9-20(10-8-19)17-25(2)18-23(27)24-21-11-13-22(14-12-21)30(28,29)26-15-5-4-6-16-26/h7-14H,3-6,15-18H2,1-2H3,(H,24,27)/p+1. The fourth-order valence-corrected chi connectivity index (χ4v) is 5.26. The average Bonchev–Trinajstić information content (AvgIpc) is 2.75. The van der Waals surface area contributed by atoms with Crippen molar-refractivity contribution in [2.45, 2.75) is 44.0 Å². The molecule has 7 heteroatoms. The molecule has 0 spiro atoms. The van der Waals surface area contributed by atoms with Gasteiger partial charge in [0.2, 0.25) is 10.0 Å². The molecule has 0 aromatic heterocycles. The SMILES string of the molecule is CCc1ccc(C[NH+](C)CC(=O)Nc2ccc(S(=O)(=O)N3CCCCC3)cc2)cc1. The van der Waals surface area contributed by atoms with Gasteiger partial charge in [-0.3, -0.25) is 4.79 Å². The van der Waals surface area contributed by atoms with Gasteiger partial charge in [-0.05, 0) is 49.1 Å². The fourth-order valence-electron chi connectivity index (χ4n) is 3.75. The lowest BCUT2D eigenvalue weighted by Crippen LogP contribution is -3.08. The van der Waals surface area contributed by atoms with E-state index < -0.39 is 10.0 Å². The molecule has 0 radical (unpaired) electrons. The molecule has 3 rings (SSSR count). The molecule has 1 heterocycles. The molecule has 1 atom stereocenters. The number of nitrogens with zero attached hydrogens (tertiary/aromatic N) is 1. The van der Waals surface area contributed by atoms with Gasteiger partial charge in [-0.1, -0.05) is 37.6 Å². The molecule has 1 fully saturated rings. The number of nitrogens with one attached hydrogen (secondary N) is 2. The number of likely N-dealkylation sites (N-methyl/N-ethyl adjacent to an activating group) is 1. The second kappa shape index (κ2) is 10.2. The summed E-state index contributed by atoms with van der Waals surface area (Å²) in [5, 5.41) is 2.87. The summed E-state index contributed by atoms with van der Waals surface area (Å²) in [6, 6.07) is 15.0. The minimum atomic E-state index is -3.45. The van der Waals surface area contributed by atoms with Crippen LogP contribution in [0.4, 0.5) is 5.69 Å². The number of quaternary nitrogens is 1. The van der Waals surface area contributed by atoms with Crippen molar-refractivity contribution in [3.8, 4) is 0 Å². The summed E-state index contributed by atoms with van der Waals surface area (Å²) >= 11 is 0. The van der Waals surface area contributed by atoms with Crippen molar-refractivity contribution in [1.82, 2.24) is 4.31 Å². The van der Waals surface area contributed by atoms with Gasteiger partial charge >= 0.3 is 0 Å². The van der Waals surface area contributed by atoms with Gasteiger partial charge in [-0.15, -0.1) is 0 Å². The predicted octanol–water partition coefficient (Wildman–Crippen LogP) is 2.08. The van der Waals surface area contributed by atoms with Gasteiger partial charge in [-0.25, -0.2) is 8.42 Å². The summed E-state index contributed by atoms with van der Waals surface area (Å²) < 4.78 is 27.0. The summed E-state index contributed by atoms with van der Waals surface area (Å²) in [5.74, 6) is -0.0932. The number of hydrogen-bond donors (Lipinski definition) is 2. The number of carbonyl (C=O) groups is 1. The van der Waals surface area contributed by atoms with Crippen LogP contribution in [0.25, 0.3) is 0 Å². The van der Waals surface area contributed by atoms with Crippen molar-refractivity contribution in [2.75, 3.05) is 32.0 Å². The minimum Gasteiger partial charge on any atom is -0.326 e. The molecule has 1 saturated heterocycles. The van der Waals surface area contributed by atoms with E-state index >= 15 is 0 Å². The zero-order chi connectivity index (χ0) is 21.6. The third-order valence-electron chi connectivity index (χ3n) is 5.49. The van der Waals surface area contributed by atoms with Crippen molar-refractivity contribution in [3.63, 3.8) is 0 Å².